The molecule has 4 aromatic carbocycles. The van der Waals surface area contributed by atoms with Crippen LogP contribution in [0.15, 0.2) is 140 Å². The summed E-state index contributed by atoms with van der Waals surface area (Å²) in [6.45, 7) is 4.67. The van der Waals surface area contributed by atoms with Gasteiger partial charge in [-0.15, -0.1) is 11.3 Å². The van der Waals surface area contributed by atoms with E-state index in [9.17, 15) is 0 Å². The summed E-state index contributed by atoms with van der Waals surface area (Å²) in [5.41, 5.74) is 12.6. The molecule has 1 aliphatic rings. The third-order valence-corrected chi connectivity index (χ3v) is 10.8. The van der Waals surface area contributed by atoms with Crippen molar-refractivity contribution in [2.75, 3.05) is 0 Å². The number of aromatic nitrogens is 3. The van der Waals surface area contributed by atoms with Crippen LogP contribution in [0.3, 0.4) is 0 Å². The van der Waals surface area contributed by atoms with E-state index in [-0.39, 0.29) is 5.41 Å². The van der Waals surface area contributed by atoms with E-state index in [1.165, 1.54) is 64.7 Å². The van der Waals surface area contributed by atoms with Crippen LogP contribution in [0.5, 0.6) is 0 Å². The molecule has 4 heterocycles. The molecule has 1 aliphatic carbocycles. The zero-order valence-corrected chi connectivity index (χ0v) is 26.3. The summed E-state index contributed by atoms with van der Waals surface area (Å²) < 4.78 is 1.30. The molecule has 0 N–H and O–H groups in total. The summed E-state index contributed by atoms with van der Waals surface area (Å²) in [5, 5.41) is 3.67. The van der Waals surface area contributed by atoms with E-state index in [2.05, 4.69) is 127 Å². The molecule has 3 nitrogen and oxygen atoms in total. The van der Waals surface area contributed by atoms with Crippen LogP contribution < -0.4 is 0 Å². The summed E-state index contributed by atoms with van der Waals surface area (Å²) in [6.07, 6.45) is 5.81. The first-order valence-corrected chi connectivity index (χ1v) is 16.4. The quantitative estimate of drug-likeness (QED) is 0.201. The van der Waals surface area contributed by atoms with Crippen molar-refractivity contribution in [2.24, 2.45) is 0 Å². The maximum Gasteiger partial charge on any atom is 0.0893 e. The van der Waals surface area contributed by atoms with Gasteiger partial charge in [-0.25, -0.2) is 4.98 Å². The lowest BCUT2D eigenvalue weighted by Gasteiger charge is -2.28. The molecule has 9 rings (SSSR count). The van der Waals surface area contributed by atoms with Crippen LogP contribution in [-0.4, -0.2) is 15.0 Å². The second kappa shape index (κ2) is 10.3. The summed E-state index contributed by atoms with van der Waals surface area (Å²) >= 11 is 1.90. The highest BCUT2D eigenvalue weighted by atomic mass is 32.1. The monoisotopic (exact) mass is 607 g/mol. The summed E-state index contributed by atoms with van der Waals surface area (Å²) in [7, 11) is 0. The van der Waals surface area contributed by atoms with Crippen LogP contribution in [0.25, 0.3) is 76.2 Å². The first-order chi connectivity index (χ1) is 22.6. The molecule has 0 spiro atoms. The minimum Gasteiger partial charge on any atom is -0.264 e. The Morgan fingerprint density at radius 1 is 0.500 bits per heavy atom. The Morgan fingerprint density at radius 2 is 1.17 bits per heavy atom. The van der Waals surface area contributed by atoms with Crippen molar-refractivity contribution >= 4 is 32.2 Å². The minimum atomic E-state index is -0.147. The summed E-state index contributed by atoms with van der Waals surface area (Å²) in [4.78, 5) is 15.5. The molecule has 0 amide bonds. The molecule has 0 saturated carbocycles. The number of thiophene rings is 1. The van der Waals surface area contributed by atoms with Gasteiger partial charge in [0.25, 0.3) is 0 Å². The Bertz CT molecular complexity index is 2460. The van der Waals surface area contributed by atoms with Crippen molar-refractivity contribution in [3.05, 3.63) is 151 Å². The molecule has 0 bridgehead atoms. The molecule has 0 atom stereocenters. The van der Waals surface area contributed by atoms with Crippen LogP contribution in [0.2, 0.25) is 0 Å². The van der Waals surface area contributed by atoms with Gasteiger partial charge in [0.05, 0.1) is 17.1 Å². The normalized spacial score (nSPS) is 13.2. The lowest BCUT2D eigenvalue weighted by Crippen LogP contribution is -2.19. The number of hydrogen-bond acceptors (Lipinski definition) is 4. The molecule has 218 valence electrons. The zero-order chi connectivity index (χ0) is 30.8. The highest BCUT2D eigenvalue weighted by Gasteiger charge is 2.35. The number of benzene rings is 4. The molecular formula is C42H29N3S. The topological polar surface area (TPSA) is 38.7 Å². The number of rotatable bonds is 3. The van der Waals surface area contributed by atoms with Crippen molar-refractivity contribution in [2.45, 2.75) is 19.3 Å². The highest BCUT2D eigenvalue weighted by molar-refractivity contribution is 7.23. The van der Waals surface area contributed by atoms with Crippen molar-refractivity contribution < 1.29 is 0 Å². The second-order valence-electron chi connectivity index (χ2n) is 12.4. The van der Waals surface area contributed by atoms with Gasteiger partial charge >= 0.3 is 0 Å². The van der Waals surface area contributed by atoms with Crippen molar-refractivity contribution in [3.8, 4) is 55.3 Å². The van der Waals surface area contributed by atoms with Gasteiger partial charge in [-0.3, -0.25) is 9.97 Å². The summed E-state index contributed by atoms with van der Waals surface area (Å²) in [6, 6.07) is 43.2. The lowest BCUT2D eigenvalue weighted by atomic mass is 9.76. The van der Waals surface area contributed by atoms with Crippen molar-refractivity contribution in [1.82, 2.24) is 15.0 Å². The van der Waals surface area contributed by atoms with Gasteiger partial charge in [-0.2, -0.15) is 0 Å². The van der Waals surface area contributed by atoms with Gasteiger partial charge in [0.2, 0.25) is 0 Å². The van der Waals surface area contributed by atoms with E-state index in [0.717, 1.165) is 22.6 Å². The van der Waals surface area contributed by atoms with Gasteiger partial charge in [0, 0.05) is 61.2 Å². The lowest BCUT2D eigenvalue weighted by molar-refractivity contribution is 0.645. The second-order valence-corrected chi connectivity index (χ2v) is 13.4. The van der Waals surface area contributed by atoms with Gasteiger partial charge in [0.15, 0.2) is 0 Å². The minimum absolute atomic E-state index is 0.147. The number of fused-ring (bicyclic) bond motifs is 8. The Hall–Kier alpha value is -5.45. The number of nitrogens with zero attached hydrogens (tertiary/aromatic N) is 3. The van der Waals surface area contributed by atoms with Crippen LogP contribution in [0, 0.1) is 0 Å². The van der Waals surface area contributed by atoms with E-state index in [1.807, 2.05) is 48.0 Å². The molecule has 0 fully saturated rings. The van der Waals surface area contributed by atoms with Crippen LogP contribution in [-0.2, 0) is 5.41 Å². The van der Waals surface area contributed by atoms with E-state index < -0.39 is 0 Å². The highest BCUT2D eigenvalue weighted by Crippen LogP contribution is 2.55. The van der Waals surface area contributed by atoms with Crippen molar-refractivity contribution in [1.29, 1.82) is 0 Å². The van der Waals surface area contributed by atoms with Crippen LogP contribution in [0.4, 0.5) is 0 Å². The number of hydrogen-bond donors (Lipinski definition) is 0. The standard InChI is InChI=1S/C42H29N3S/c1-42(2)34-16-6-5-13-31(34)41-39(33-25-43-24-22-35(33)42)32-15-9-14-30(40(32)46-41)28-20-21-29(27-12-4-3-11-26(27)28)36-18-10-19-38(45-36)37-17-7-8-23-44-37/h3-25H,1-2H3. The largest absolute Gasteiger partial charge is 0.264 e. The van der Waals surface area contributed by atoms with E-state index in [1.54, 1.807) is 0 Å². The third kappa shape index (κ3) is 4.00. The predicted molar refractivity (Wildman–Crippen MR) is 192 cm³/mol. The van der Waals surface area contributed by atoms with E-state index >= 15 is 0 Å². The fourth-order valence-electron chi connectivity index (χ4n) is 7.30. The van der Waals surface area contributed by atoms with Crippen LogP contribution in [0.1, 0.15) is 25.0 Å². The fourth-order valence-corrected chi connectivity index (χ4v) is 8.68. The van der Waals surface area contributed by atoms with E-state index in [4.69, 9.17) is 4.98 Å². The molecule has 4 heteroatoms. The SMILES string of the molecule is CC1(C)c2ccccc2-c2sc3c(-c4ccc(-c5cccc(-c6ccccn6)n5)c5ccccc45)cccc3c2-c2cnccc21. The van der Waals surface area contributed by atoms with Gasteiger partial charge in [-0.05, 0) is 63.4 Å². The van der Waals surface area contributed by atoms with E-state index in [0.29, 0.717) is 0 Å². The fraction of sp³-hybridized carbons (Fsp3) is 0.0714. The van der Waals surface area contributed by atoms with Gasteiger partial charge in [-0.1, -0.05) is 105 Å². The molecule has 0 unspecified atom stereocenters. The zero-order valence-electron chi connectivity index (χ0n) is 25.5. The Labute approximate surface area is 271 Å². The Kier molecular flexibility index (Phi) is 6.02. The predicted octanol–water partition coefficient (Wildman–Crippen LogP) is 11.2. The molecule has 0 radical (unpaired) electrons. The number of pyridine rings is 3. The first kappa shape index (κ1) is 26.9. The van der Waals surface area contributed by atoms with Crippen molar-refractivity contribution in [3.63, 3.8) is 0 Å². The Morgan fingerprint density at radius 3 is 2.04 bits per heavy atom. The van der Waals surface area contributed by atoms with Crippen LogP contribution >= 0.6 is 11.3 Å². The molecule has 8 aromatic rings. The summed E-state index contributed by atoms with van der Waals surface area (Å²) in [5.74, 6) is 0. The Balaban J connectivity index is 1.28. The van der Waals surface area contributed by atoms with Gasteiger partial charge in [0.1, 0.15) is 0 Å². The first-order valence-electron chi connectivity index (χ1n) is 15.6. The average Bonchev–Trinajstić information content (AvgIpc) is 3.48. The molecule has 0 aliphatic heterocycles. The molecule has 46 heavy (non-hydrogen) atoms. The maximum absolute atomic E-state index is 5.06. The molecule has 0 saturated heterocycles. The maximum atomic E-state index is 5.06. The molecular weight excluding hydrogens is 579 g/mol. The van der Waals surface area contributed by atoms with Gasteiger partial charge < -0.3 is 0 Å². The smallest absolute Gasteiger partial charge is 0.0893 e. The average molecular weight is 608 g/mol. The molecule has 4 aromatic heterocycles. The third-order valence-electron chi connectivity index (χ3n) is 9.49.